The number of fused-ring (bicyclic) bond motifs is 3. The van der Waals surface area contributed by atoms with Crippen molar-refractivity contribution in [2.45, 2.75) is 38.9 Å². The summed E-state index contributed by atoms with van der Waals surface area (Å²) in [4.78, 5) is 0. The topological polar surface area (TPSA) is 9.23 Å². The Labute approximate surface area is 185 Å². The van der Waals surface area contributed by atoms with E-state index in [1.807, 2.05) is 0 Å². The zero-order chi connectivity index (χ0) is 21.6. The summed E-state index contributed by atoms with van der Waals surface area (Å²) in [6.07, 6.45) is 8.05. The third-order valence-corrected chi connectivity index (χ3v) is 7.49. The molecule has 0 saturated carbocycles. The van der Waals surface area contributed by atoms with E-state index in [9.17, 15) is 0 Å². The van der Waals surface area contributed by atoms with Crippen LogP contribution in [-0.2, 0) is 4.43 Å². The molecule has 0 radical (unpaired) electrons. The third-order valence-electron chi connectivity index (χ3n) is 6.42. The molecule has 0 saturated heterocycles. The first-order valence-electron chi connectivity index (χ1n) is 11.3. The zero-order valence-corrected chi connectivity index (χ0v) is 19.9. The molecule has 3 aromatic carbocycles. The first-order valence-corrected chi connectivity index (χ1v) is 14.7. The van der Waals surface area contributed by atoms with Crippen molar-refractivity contribution in [3.63, 3.8) is 0 Å². The van der Waals surface area contributed by atoms with Gasteiger partial charge in [-0.2, -0.15) is 0 Å². The van der Waals surface area contributed by atoms with E-state index in [0.29, 0.717) is 0 Å². The molecule has 0 bridgehead atoms. The Morgan fingerprint density at radius 1 is 0.871 bits per heavy atom. The Morgan fingerprint density at radius 2 is 1.65 bits per heavy atom. The fraction of sp³-hybridized carbons (Fsp3) is 0.241. The molecule has 5 rings (SSSR count). The predicted molar refractivity (Wildman–Crippen MR) is 134 cm³/mol. The number of hydrogen-bond acceptors (Lipinski definition) is 1. The molecule has 1 atom stereocenters. The summed E-state index contributed by atoms with van der Waals surface area (Å²) >= 11 is 0. The van der Waals surface area contributed by atoms with Gasteiger partial charge in [0.05, 0.1) is 0 Å². The Morgan fingerprint density at radius 3 is 2.45 bits per heavy atom. The maximum atomic E-state index is 6.26. The van der Waals surface area contributed by atoms with Crippen molar-refractivity contribution in [1.82, 2.24) is 0 Å². The summed E-state index contributed by atoms with van der Waals surface area (Å²) in [6.45, 7) is 9.76. The van der Waals surface area contributed by atoms with Gasteiger partial charge in [0.15, 0.2) is 8.32 Å². The highest BCUT2D eigenvalue weighted by Gasteiger charge is 2.29. The van der Waals surface area contributed by atoms with Crippen LogP contribution >= 0.6 is 0 Å². The summed E-state index contributed by atoms with van der Waals surface area (Å²) in [5.74, 6) is 0.285. The van der Waals surface area contributed by atoms with Gasteiger partial charge in [-0.15, -0.1) is 0 Å². The van der Waals surface area contributed by atoms with Gasteiger partial charge in [0, 0.05) is 12.5 Å². The molecule has 3 aromatic rings. The average Bonchev–Trinajstić information content (AvgIpc) is 3.30. The van der Waals surface area contributed by atoms with Crippen molar-refractivity contribution >= 4 is 26.5 Å². The first kappa shape index (κ1) is 20.2. The molecule has 2 aliphatic rings. The molecular weight excluding hydrogens is 392 g/mol. The van der Waals surface area contributed by atoms with Crippen molar-refractivity contribution in [3.05, 3.63) is 109 Å². The Balaban J connectivity index is 1.70. The smallest absolute Gasteiger partial charge is 0.183 e. The second kappa shape index (κ2) is 7.78. The van der Waals surface area contributed by atoms with Crippen LogP contribution in [-0.4, -0.2) is 14.9 Å². The lowest BCUT2D eigenvalue weighted by atomic mass is 9.83. The Kier molecular flexibility index (Phi) is 5.08. The van der Waals surface area contributed by atoms with Gasteiger partial charge in [0.25, 0.3) is 0 Å². The molecule has 2 aliphatic carbocycles. The van der Waals surface area contributed by atoms with Crippen LogP contribution in [0.15, 0.2) is 66.2 Å². The molecule has 0 fully saturated rings. The fourth-order valence-corrected chi connectivity index (χ4v) is 5.78. The molecule has 1 nitrogen and oxygen atoms in total. The van der Waals surface area contributed by atoms with E-state index in [2.05, 4.69) is 105 Å². The Hall–Kier alpha value is -2.68. The van der Waals surface area contributed by atoms with Crippen LogP contribution in [0.3, 0.4) is 0 Å². The molecule has 1 unspecified atom stereocenters. The van der Waals surface area contributed by atoms with Crippen molar-refractivity contribution < 1.29 is 4.43 Å². The fourth-order valence-electron chi connectivity index (χ4n) is 5.06. The van der Waals surface area contributed by atoms with Crippen molar-refractivity contribution in [1.29, 1.82) is 0 Å². The maximum absolute atomic E-state index is 6.26. The molecule has 31 heavy (non-hydrogen) atoms. The van der Waals surface area contributed by atoms with Crippen LogP contribution in [0.5, 0.6) is 0 Å². The highest BCUT2D eigenvalue weighted by atomic mass is 28.4. The highest BCUT2D eigenvalue weighted by Crippen LogP contribution is 2.43. The summed E-state index contributed by atoms with van der Waals surface area (Å²) in [5.41, 5.74) is 7.08. The van der Waals surface area contributed by atoms with Crippen LogP contribution < -0.4 is 10.4 Å². The van der Waals surface area contributed by atoms with Crippen LogP contribution in [0.25, 0.3) is 18.2 Å². The lowest BCUT2D eigenvalue weighted by molar-refractivity contribution is 0.314. The second-order valence-electron chi connectivity index (χ2n) is 9.54. The van der Waals surface area contributed by atoms with E-state index in [-0.39, 0.29) is 5.92 Å². The quantitative estimate of drug-likeness (QED) is 0.376. The van der Waals surface area contributed by atoms with E-state index in [1.54, 1.807) is 0 Å². The van der Waals surface area contributed by atoms with Gasteiger partial charge in [-0.1, -0.05) is 78.4 Å². The van der Waals surface area contributed by atoms with Gasteiger partial charge >= 0.3 is 0 Å². The standard InChI is InChI=1S/C29H30OSi/c1-5-20-14-15-26-24-12-8-6-11-22(24)19-27(26)28(20)29-23(16-17-30-31(2,3)4)18-21-10-7-9-13-25(21)29/h5-15,18-19,29H,16-17H2,1-4H3. The average molecular weight is 423 g/mol. The highest BCUT2D eigenvalue weighted by molar-refractivity contribution is 6.69. The van der Waals surface area contributed by atoms with Crippen LogP contribution in [0.4, 0.5) is 0 Å². The van der Waals surface area contributed by atoms with Crippen LogP contribution in [0.2, 0.25) is 19.6 Å². The zero-order valence-electron chi connectivity index (χ0n) is 18.9. The van der Waals surface area contributed by atoms with Gasteiger partial charge in [-0.25, -0.2) is 0 Å². The number of rotatable bonds is 5. The van der Waals surface area contributed by atoms with Gasteiger partial charge in [-0.05, 0) is 82.2 Å². The monoisotopic (exact) mass is 422 g/mol. The predicted octanol–water partition coefficient (Wildman–Crippen LogP) is 5.69. The molecule has 0 N–H and O–H groups in total. The molecule has 2 heteroatoms. The molecular formula is C29H30OSi. The lowest BCUT2D eigenvalue weighted by Crippen LogP contribution is -2.26. The summed E-state index contributed by atoms with van der Waals surface area (Å²) in [5, 5.41) is 5.37. The minimum absolute atomic E-state index is 0.285. The largest absolute Gasteiger partial charge is 0.417 e. The van der Waals surface area contributed by atoms with Crippen LogP contribution in [0.1, 0.15) is 41.5 Å². The van der Waals surface area contributed by atoms with Gasteiger partial charge < -0.3 is 4.43 Å². The minimum Gasteiger partial charge on any atom is -0.417 e. The molecule has 0 amide bonds. The molecule has 0 spiro atoms. The molecule has 0 heterocycles. The van der Waals surface area contributed by atoms with Crippen molar-refractivity contribution in [3.8, 4) is 0 Å². The maximum Gasteiger partial charge on any atom is 0.183 e. The van der Waals surface area contributed by atoms with Gasteiger partial charge in [-0.3, -0.25) is 0 Å². The lowest BCUT2D eigenvalue weighted by Gasteiger charge is -2.23. The van der Waals surface area contributed by atoms with E-state index < -0.39 is 8.32 Å². The molecule has 0 aliphatic heterocycles. The molecule has 0 aromatic heterocycles. The molecule has 156 valence electrons. The first-order chi connectivity index (χ1) is 15.0. The van der Waals surface area contributed by atoms with E-state index in [1.165, 1.54) is 48.7 Å². The summed E-state index contributed by atoms with van der Waals surface area (Å²) in [7, 11) is -1.53. The van der Waals surface area contributed by atoms with Gasteiger partial charge in [0.2, 0.25) is 0 Å². The third kappa shape index (κ3) is 3.64. The normalized spacial score (nSPS) is 17.1. The second-order valence-corrected chi connectivity index (χ2v) is 14.1. The number of hydrogen-bond donors (Lipinski definition) is 0. The summed E-state index contributed by atoms with van der Waals surface area (Å²) in [6, 6.07) is 22.3. The van der Waals surface area contributed by atoms with Crippen molar-refractivity contribution in [2.24, 2.45) is 0 Å². The number of benzene rings is 3. The Bertz CT molecular complexity index is 1410. The SMILES string of the molecule is CC=c1ccc2c(c1C1C(CCO[Si](C)(C)C)=Cc3ccccc31)C=c1ccccc1=2. The van der Waals surface area contributed by atoms with E-state index in [0.717, 1.165) is 13.0 Å². The summed E-state index contributed by atoms with van der Waals surface area (Å²) < 4.78 is 6.26. The van der Waals surface area contributed by atoms with E-state index >= 15 is 0 Å². The minimum atomic E-state index is -1.53. The van der Waals surface area contributed by atoms with Gasteiger partial charge in [0.1, 0.15) is 0 Å². The van der Waals surface area contributed by atoms with E-state index in [4.69, 9.17) is 4.43 Å². The van der Waals surface area contributed by atoms with Crippen LogP contribution in [0, 0.1) is 10.4 Å². The van der Waals surface area contributed by atoms with Crippen molar-refractivity contribution in [2.75, 3.05) is 6.61 Å².